The lowest BCUT2D eigenvalue weighted by atomic mass is 10.2. The van der Waals surface area contributed by atoms with E-state index in [1.165, 1.54) is 0 Å². The van der Waals surface area contributed by atoms with Crippen LogP contribution in [0.5, 0.6) is 5.75 Å². The Morgan fingerprint density at radius 3 is 2.14 bits per heavy atom. The average molecular weight is 194 g/mol. The molecule has 0 heterocycles. The molecule has 14 heavy (non-hydrogen) atoms. The first-order valence-electron chi connectivity index (χ1n) is 4.23. The van der Waals surface area contributed by atoms with Gasteiger partial charge in [0.25, 0.3) is 0 Å². The molecule has 0 radical (unpaired) electrons. The molecule has 0 atom stereocenters. The molecule has 0 unspecified atom stereocenters. The minimum atomic E-state index is -0.745. The molecule has 1 aromatic carbocycles. The Labute approximate surface area is 83.3 Å². The second-order valence-corrected chi connectivity index (χ2v) is 2.54. The topological polar surface area (TPSA) is 57.5 Å². The molecule has 2 N–H and O–H groups in total. The van der Waals surface area contributed by atoms with Gasteiger partial charge in [-0.1, -0.05) is 31.7 Å². The predicted octanol–water partition coefficient (Wildman–Crippen LogP) is 2.52. The third kappa shape index (κ3) is 5.83. The summed E-state index contributed by atoms with van der Waals surface area (Å²) in [5, 5.41) is 16.5. The Kier molecular flexibility index (Phi) is 5.87. The highest BCUT2D eigenvalue weighted by molar-refractivity contribution is 5.66. The molecule has 76 valence electrons. The van der Waals surface area contributed by atoms with Crippen LogP contribution in [0, 0.1) is 0 Å². The van der Waals surface area contributed by atoms with Crippen molar-refractivity contribution >= 4 is 12.0 Å². The number of rotatable bonds is 2. The number of hydrogen-bond donors (Lipinski definition) is 2. The number of hydrogen-bond acceptors (Lipinski definition) is 2. The van der Waals surface area contributed by atoms with E-state index in [-0.39, 0.29) is 6.42 Å². The lowest BCUT2D eigenvalue weighted by Gasteiger charge is -1.90. The fraction of sp³-hybridized carbons (Fsp3) is 0.182. The number of phenolic OH excluding ortho intramolecular Hbond substituents is 1. The molecule has 1 rings (SSSR count). The molecule has 0 bridgehead atoms. The molecule has 0 aliphatic rings. The van der Waals surface area contributed by atoms with Gasteiger partial charge in [-0.05, 0) is 17.7 Å². The molecule has 0 aliphatic heterocycles. The van der Waals surface area contributed by atoms with Crippen molar-refractivity contribution in [1.29, 1.82) is 0 Å². The van der Waals surface area contributed by atoms with Gasteiger partial charge >= 0.3 is 5.97 Å². The first-order valence-corrected chi connectivity index (χ1v) is 4.23. The zero-order valence-corrected chi connectivity index (χ0v) is 8.10. The first-order chi connectivity index (χ1) is 6.60. The number of carbonyl (C=O) groups is 1. The van der Waals surface area contributed by atoms with Gasteiger partial charge in [0.05, 0.1) is 0 Å². The summed E-state index contributed by atoms with van der Waals surface area (Å²) in [7, 11) is 0. The summed E-state index contributed by atoms with van der Waals surface area (Å²) < 4.78 is 0. The smallest absolute Gasteiger partial charge is 0.303 e. The van der Waals surface area contributed by atoms with Crippen LogP contribution in [0.25, 0.3) is 6.08 Å². The largest absolute Gasteiger partial charge is 0.508 e. The van der Waals surface area contributed by atoms with Crippen molar-refractivity contribution in [2.24, 2.45) is 0 Å². The Morgan fingerprint density at radius 1 is 1.43 bits per heavy atom. The summed E-state index contributed by atoms with van der Waals surface area (Å²) in [6, 6.07) is 6.89. The molecule has 0 saturated heterocycles. The monoisotopic (exact) mass is 194 g/mol. The van der Waals surface area contributed by atoms with Crippen molar-refractivity contribution in [3.63, 3.8) is 0 Å². The Balaban J connectivity index is 0.000000292. The third-order valence-corrected chi connectivity index (χ3v) is 1.43. The van der Waals surface area contributed by atoms with Crippen molar-refractivity contribution in [2.45, 2.75) is 13.3 Å². The zero-order chi connectivity index (χ0) is 11.0. The maximum Gasteiger partial charge on any atom is 0.303 e. The number of aliphatic carboxylic acids is 1. The van der Waals surface area contributed by atoms with E-state index in [4.69, 9.17) is 10.2 Å². The van der Waals surface area contributed by atoms with Gasteiger partial charge in [-0.3, -0.25) is 4.79 Å². The fourth-order valence-electron chi connectivity index (χ4n) is 0.610. The van der Waals surface area contributed by atoms with Crippen LogP contribution < -0.4 is 0 Å². The Hall–Kier alpha value is -1.77. The number of benzene rings is 1. The molecular weight excluding hydrogens is 180 g/mol. The van der Waals surface area contributed by atoms with E-state index in [9.17, 15) is 4.79 Å². The normalized spacial score (nSPS) is 8.36. The molecule has 0 fully saturated rings. The van der Waals surface area contributed by atoms with Gasteiger partial charge in [-0.25, -0.2) is 0 Å². The third-order valence-electron chi connectivity index (χ3n) is 1.43. The molecule has 1 aromatic rings. The van der Waals surface area contributed by atoms with Crippen molar-refractivity contribution in [1.82, 2.24) is 0 Å². The van der Waals surface area contributed by atoms with Gasteiger partial charge in [0, 0.05) is 6.42 Å². The molecule has 0 spiro atoms. The van der Waals surface area contributed by atoms with Gasteiger partial charge in [-0.15, -0.1) is 0 Å². The van der Waals surface area contributed by atoms with E-state index in [2.05, 4.69) is 6.58 Å². The fourth-order valence-corrected chi connectivity index (χ4v) is 0.610. The summed E-state index contributed by atoms with van der Waals surface area (Å²) in [6.07, 6.45) is 1.96. The van der Waals surface area contributed by atoms with Crippen LogP contribution >= 0.6 is 0 Å². The van der Waals surface area contributed by atoms with Crippen molar-refractivity contribution in [3.05, 3.63) is 36.4 Å². The van der Waals surface area contributed by atoms with Gasteiger partial charge in [0.2, 0.25) is 0 Å². The van der Waals surface area contributed by atoms with E-state index in [0.29, 0.717) is 5.75 Å². The quantitative estimate of drug-likeness (QED) is 0.760. The van der Waals surface area contributed by atoms with Crippen molar-refractivity contribution in [2.75, 3.05) is 0 Å². The van der Waals surface area contributed by atoms with E-state index >= 15 is 0 Å². The SMILES string of the molecule is C=Cc1ccc(O)cc1.CCC(=O)O. The van der Waals surface area contributed by atoms with Crippen LogP contribution in [0.4, 0.5) is 0 Å². The van der Waals surface area contributed by atoms with Crippen LogP contribution in [0.1, 0.15) is 18.9 Å². The average Bonchev–Trinajstić information content (AvgIpc) is 2.20. The number of carboxylic acid groups (broad SMARTS) is 1. The second-order valence-electron chi connectivity index (χ2n) is 2.54. The van der Waals surface area contributed by atoms with Crippen LogP contribution in [-0.2, 0) is 4.79 Å². The van der Waals surface area contributed by atoms with E-state index in [1.807, 2.05) is 12.1 Å². The summed E-state index contributed by atoms with van der Waals surface area (Å²) in [6.45, 7) is 5.18. The van der Waals surface area contributed by atoms with E-state index in [0.717, 1.165) is 5.56 Å². The molecule has 0 saturated carbocycles. The molecule has 0 amide bonds. The number of aromatic hydroxyl groups is 1. The van der Waals surface area contributed by atoms with E-state index < -0.39 is 5.97 Å². The highest BCUT2D eigenvalue weighted by atomic mass is 16.4. The molecular formula is C11H14O3. The Bertz CT molecular complexity index is 288. The number of phenols is 1. The van der Waals surface area contributed by atoms with Gasteiger partial charge < -0.3 is 10.2 Å². The molecule has 0 aromatic heterocycles. The molecule has 0 aliphatic carbocycles. The standard InChI is InChI=1S/C8H8O.C3H6O2/c1-2-7-3-5-8(9)6-4-7;1-2-3(4)5/h2-6,9H,1H2;2H2,1H3,(H,4,5). The molecule has 3 heteroatoms. The summed E-state index contributed by atoms with van der Waals surface area (Å²) in [4.78, 5) is 9.37. The second kappa shape index (κ2) is 6.71. The van der Waals surface area contributed by atoms with Gasteiger partial charge in [-0.2, -0.15) is 0 Å². The molecule has 3 nitrogen and oxygen atoms in total. The summed E-state index contributed by atoms with van der Waals surface area (Å²) in [5.41, 5.74) is 1.02. The summed E-state index contributed by atoms with van der Waals surface area (Å²) in [5.74, 6) is -0.453. The Morgan fingerprint density at radius 2 is 1.86 bits per heavy atom. The van der Waals surface area contributed by atoms with Gasteiger partial charge in [0.1, 0.15) is 5.75 Å². The lowest BCUT2D eigenvalue weighted by molar-refractivity contribution is -0.136. The summed E-state index contributed by atoms with van der Waals surface area (Å²) >= 11 is 0. The van der Waals surface area contributed by atoms with Crippen LogP contribution in [0.3, 0.4) is 0 Å². The maximum atomic E-state index is 9.37. The number of carboxylic acids is 1. The zero-order valence-electron chi connectivity index (χ0n) is 8.10. The van der Waals surface area contributed by atoms with Crippen molar-refractivity contribution in [3.8, 4) is 5.75 Å². The van der Waals surface area contributed by atoms with Crippen LogP contribution in [0.2, 0.25) is 0 Å². The minimum absolute atomic E-state index is 0.222. The van der Waals surface area contributed by atoms with Gasteiger partial charge in [0.15, 0.2) is 0 Å². The predicted molar refractivity (Wildman–Crippen MR) is 56.1 cm³/mol. The van der Waals surface area contributed by atoms with E-state index in [1.54, 1.807) is 25.1 Å². The van der Waals surface area contributed by atoms with Crippen LogP contribution in [-0.4, -0.2) is 16.2 Å². The lowest BCUT2D eigenvalue weighted by Crippen LogP contribution is -1.86. The highest BCUT2D eigenvalue weighted by Crippen LogP contribution is 2.09. The minimum Gasteiger partial charge on any atom is -0.508 e. The first kappa shape index (κ1) is 12.2. The van der Waals surface area contributed by atoms with Crippen molar-refractivity contribution < 1.29 is 15.0 Å². The maximum absolute atomic E-state index is 9.37. The highest BCUT2D eigenvalue weighted by Gasteiger charge is 1.84. The van der Waals surface area contributed by atoms with Crippen LogP contribution in [0.15, 0.2) is 30.8 Å².